The quantitative estimate of drug-likeness (QED) is 0.287. The van der Waals surface area contributed by atoms with Crippen LogP contribution in [0.15, 0.2) is 71.8 Å². The van der Waals surface area contributed by atoms with E-state index in [4.69, 9.17) is 27.9 Å². The molecular weight excluding hydrogens is 413 g/mol. The molecule has 3 aromatic rings. The van der Waals surface area contributed by atoms with Crippen LogP contribution in [-0.2, 0) is 13.2 Å². The lowest BCUT2D eigenvalue weighted by Crippen LogP contribution is -2.06. The first-order chi connectivity index (χ1) is 14.0. The van der Waals surface area contributed by atoms with Gasteiger partial charge in [0.2, 0.25) is 0 Å². The number of hydrogen-bond acceptors (Lipinski definition) is 5. The molecule has 0 aromatic heterocycles. The molecule has 1 N–H and O–H groups in total. The Balaban J connectivity index is 1.64. The van der Waals surface area contributed by atoms with Gasteiger partial charge in [0.05, 0.1) is 17.7 Å². The number of non-ortho nitro benzene ring substituents is 1. The van der Waals surface area contributed by atoms with Crippen molar-refractivity contribution in [2.24, 2.45) is 5.10 Å². The summed E-state index contributed by atoms with van der Waals surface area (Å²) in [5, 5.41) is 16.2. The predicted octanol–water partition coefficient (Wildman–Crippen LogP) is 5.60. The molecule has 3 aromatic carbocycles. The van der Waals surface area contributed by atoms with Gasteiger partial charge in [-0.25, -0.2) is 0 Å². The molecule has 148 valence electrons. The maximum absolute atomic E-state index is 10.7. The van der Waals surface area contributed by atoms with Crippen molar-refractivity contribution in [3.05, 3.63) is 104 Å². The van der Waals surface area contributed by atoms with E-state index in [0.717, 1.165) is 11.1 Å². The summed E-state index contributed by atoms with van der Waals surface area (Å²) >= 11 is 12.2. The normalized spacial score (nSPS) is 10.8. The van der Waals surface area contributed by atoms with E-state index in [2.05, 4.69) is 10.5 Å². The lowest BCUT2D eigenvalue weighted by Gasteiger charge is -2.10. The highest BCUT2D eigenvalue weighted by molar-refractivity contribution is 6.31. The minimum absolute atomic E-state index is 0.0395. The van der Waals surface area contributed by atoms with Crippen molar-refractivity contribution in [1.29, 1.82) is 0 Å². The third kappa shape index (κ3) is 5.94. The summed E-state index contributed by atoms with van der Waals surface area (Å²) < 4.78 is 5.84. The molecule has 0 aliphatic heterocycles. The second kappa shape index (κ2) is 9.91. The van der Waals surface area contributed by atoms with Gasteiger partial charge in [-0.15, -0.1) is 0 Å². The van der Waals surface area contributed by atoms with Gasteiger partial charge < -0.3 is 10.2 Å². The number of hydrogen-bond donors (Lipinski definition) is 1. The highest BCUT2D eigenvalue weighted by Crippen LogP contribution is 2.23. The highest BCUT2D eigenvalue weighted by Gasteiger charge is 2.07. The molecule has 0 aliphatic carbocycles. The highest BCUT2D eigenvalue weighted by atomic mass is 35.5. The van der Waals surface area contributed by atoms with Crippen LogP contribution in [0.1, 0.15) is 16.7 Å². The van der Waals surface area contributed by atoms with Crippen LogP contribution in [0.4, 0.5) is 5.69 Å². The van der Waals surface area contributed by atoms with Gasteiger partial charge >= 0.3 is 0 Å². The Bertz CT molecular complexity index is 1020. The first kappa shape index (κ1) is 20.6. The van der Waals surface area contributed by atoms with E-state index in [1.54, 1.807) is 36.5 Å². The number of nitro groups is 1. The average Bonchev–Trinajstić information content (AvgIpc) is 2.72. The molecule has 0 heterocycles. The van der Waals surface area contributed by atoms with Gasteiger partial charge in [0.15, 0.2) is 0 Å². The fourth-order valence-corrected chi connectivity index (χ4v) is 2.90. The van der Waals surface area contributed by atoms with Crippen LogP contribution in [0.2, 0.25) is 10.0 Å². The lowest BCUT2D eigenvalue weighted by atomic mass is 10.2. The third-order valence-corrected chi connectivity index (χ3v) is 4.64. The third-order valence-electron chi connectivity index (χ3n) is 4.04. The number of nitro benzene ring substituents is 1. The Labute approximate surface area is 177 Å². The molecule has 29 heavy (non-hydrogen) atoms. The SMILES string of the molecule is O=[N+]([O-])c1ccc(COc2ccc(Cl)cc2/C=N\NCc2ccccc2Cl)cc1. The smallest absolute Gasteiger partial charge is 0.269 e. The van der Waals surface area contributed by atoms with Crippen molar-refractivity contribution in [2.45, 2.75) is 13.2 Å². The lowest BCUT2D eigenvalue weighted by molar-refractivity contribution is -0.384. The standard InChI is InChI=1S/C21H17Cl2N3O3/c22-18-7-10-21(29-14-15-5-8-19(9-6-15)26(27)28)17(11-18)13-25-24-12-16-3-1-2-4-20(16)23/h1-11,13,24H,12,14H2/b25-13-. The zero-order chi connectivity index (χ0) is 20.6. The Morgan fingerprint density at radius 3 is 2.55 bits per heavy atom. The van der Waals surface area contributed by atoms with Gasteiger partial charge in [0, 0.05) is 27.7 Å². The van der Waals surface area contributed by atoms with Crippen molar-refractivity contribution in [3.63, 3.8) is 0 Å². The fourth-order valence-electron chi connectivity index (χ4n) is 2.51. The molecule has 0 aliphatic rings. The molecule has 0 atom stereocenters. The second-order valence-corrected chi connectivity index (χ2v) is 6.92. The molecule has 0 fully saturated rings. The van der Waals surface area contributed by atoms with Crippen LogP contribution in [0.3, 0.4) is 0 Å². The molecule has 0 saturated heterocycles. The van der Waals surface area contributed by atoms with Crippen LogP contribution >= 0.6 is 23.2 Å². The van der Waals surface area contributed by atoms with E-state index in [1.807, 2.05) is 24.3 Å². The molecule has 0 spiro atoms. The Hall–Kier alpha value is -3.09. The van der Waals surface area contributed by atoms with E-state index in [-0.39, 0.29) is 12.3 Å². The Morgan fingerprint density at radius 2 is 1.83 bits per heavy atom. The molecular formula is C21H17Cl2N3O3. The molecule has 0 amide bonds. The Morgan fingerprint density at radius 1 is 1.07 bits per heavy atom. The van der Waals surface area contributed by atoms with Crippen LogP contribution < -0.4 is 10.2 Å². The summed E-state index contributed by atoms with van der Waals surface area (Å²) in [6, 6.07) is 19.0. The predicted molar refractivity (Wildman–Crippen MR) is 115 cm³/mol. The number of hydrazone groups is 1. The number of halogens is 2. The second-order valence-electron chi connectivity index (χ2n) is 6.08. The largest absolute Gasteiger partial charge is 0.488 e. The van der Waals surface area contributed by atoms with Crippen molar-refractivity contribution in [3.8, 4) is 5.75 Å². The van der Waals surface area contributed by atoms with Gasteiger partial charge in [-0.2, -0.15) is 5.10 Å². The van der Waals surface area contributed by atoms with E-state index in [0.29, 0.717) is 27.9 Å². The van der Waals surface area contributed by atoms with Crippen LogP contribution in [0.5, 0.6) is 5.75 Å². The van der Waals surface area contributed by atoms with Gasteiger partial charge in [0.1, 0.15) is 12.4 Å². The van der Waals surface area contributed by atoms with E-state index >= 15 is 0 Å². The minimum atomic E-state index is -0.436. The zero-order valence-corrected chi connectivity index (χ0v) is 16.7. The van der Waals surface area contributed by atoms with Gasteiger partial charge in [0.25, 0.3) is 5.69 Å². The topological polar surface area (TPSA) is 76.8 Å². The van der Waals surface area contributed by atoms with Gasteiger partial charge in [-0.05, 0) is 47.5 Å². The summed E-state index contributed by atoms with van der Waals surface area (Å²) in [6.07, 6.45) is 1.62. The van der Waals surface area contributed by atoms with Crippen molar-refractivity contribution >= 4 is 35.1 Å². The molecule has 0 saturated carbocycles. The Kier molecular flexibility index (Phi) is 7.05. The van der Waals surface area contributed by atoms with Crippen LogP contribution in [-0.4, -0.2) is 11.1 Å². The number of nitrogens with zero attached hydrogens (tertiary/aromatic N) is 2. The monoisotopic (exact) mass is 429 g/mol. The average molecular weight is 430 g/mol. The summed E-state index contributed by atoms with van der Waals surface area (Å²) in [7, 11) is 0. The van der Waals surface area contributed by atoms with E-state index < -0.39 is 4.92 Å². The van der Waals surface area contributed by atoms with Crippen LogP contribution in [0.25, 0.3) is 0 Å². The number of nitrogens with one attached hydrogen (secondary N) is 1. The maximum atomic E-state index is 10.7. The molecule has 6 nitrogen and oxygen atoms in total. The number of benzene rings is 3. The fraction of sp³-hybridized carbons (Fsp3) is 0.0952. The van der Waals surface area contributed by atoms with E-state index in [1.165, 1.54) is 12.1 Å². The molecule has 0 unspecified atom stereocenters. The summed E-state index contributed by atoms with van der Waals surface area (Å²) in [5.74, 6) is 0.594. The number of rotatable bonds is 8. The van der Waals surface area contributed by atoms with Crippen molar-refractivity contribution in [1.82, 2.24) is 5.43 Å². The first-order valence-electron chi connectivity index (χ1n) is 8.68. The van der Waals surface area contributed by atoms with Crippen molar-refractivity contribution in [2.75, 3.05) is 0 Å². The summed E-state index contributed by atoms with van der Waals surface area (Å²) in [5.41, 5.74) is 5.44. The summed E-state index contributed by atoms with van der Waals surface area (Å²) in [6.45, 7) is 0.739. The number of ether oxygens (including phenoxy) is 1. The zero-order valence-electron chi connectivity index (χ0n) is 15.2. The molecule has 3 rings (SSSR count). The van der Waals surface area contributed by atoms with Gasteiger partial charge in [-0.1, -0.05) is 41.4 Å². The minimum Gasteiger partial charge on any atom is -0.488 e. The molecule has 8 heteroatoms. The van der Waals surface area contributed by atoms with Crippen molar-refractivity contribution < 1.29 is 9.66 Å². The molecule has 0 bridgehead atoms. The van der Waals surface area contributed by atoms with Crippen LogP contribution in [0, 0.1) is 10.1 Å². The van der Waals surface area contributed by atoms with E-state index in [9.17, 15) is 10.1 Å². The maximum Gasteiger partial charge on any atom is 0.269 e. The molecule has 0 radical (unpaired) electrons. The summed E-state index contributed by atoms with van der Waals surface area (Å²) in [4.78, 5) is 10.3. The first-order valence-corrected chi connectivity index (χ1v) is 9.43. The van der Waals surface area contributed by atoms with Gasteiger partial charge in [-0.3, -0.25) is 10.1 Å².